The largest absolute Gasteiger partial charge is 0.496 e. The van der Waals surface area contributed by atoms with Crippen molar-refractivity contribution in [2.75, 3.05) is 37.5 Å². The first-order valence-corrected chi connectivity index (χ1v) is 16.2. The lowest BCUT2D eigenvalue weighted by Crippen LogP contribution is -2.21. The summed E-state index contributed by atoms with van der Waals surface area (Å²) in [7, 11) is 3.26. The zero-order chi connectivity index (χ0) is 32.2. The Bertz CT molecular complexity index is 1560. The van der Waals surface area contributed by atoms with E-state index in [-0.39, 0.29) is 5.91 Å². The summed E-state index contributed by atoms with van der Waals surface area (Å²) >= 11 is 0. The monoisotopic (exact) mass is 609 g/mol. The number of benzene rings is 3. The lowest BCUT2D eigenvalue weighted by molar-refractivity contribution is -0.116. The van der Waals surface area contributed by atoms with Crippen molar-refractivity contribution in [3.8, 4) is 11.5 Å². The molecular weight excluding hydrogens is 562 g/mol. The number of rotatable bonds is 16. The van der Waals surface area contributed by atoms with Crippen LogP contribution in [0.2, 0.25) is 0 Å². The number of anilines is 2. The first kappa shape index (κ1) is 33.4. The maximum atomic E-state index is 12.8. The fourth-order valence-corrected chi connectivity index (χ4v) is 5.47. The Balaban J connectivity index is 1.70. The molecule has 0 aliphatic carbocycles. The van der Waals surface area contributed by atoms with Crippen LogP contribution in [0.1, 0.15) is 82.4 Å². The number of amides is 1. The predicted molar refractivity (Wildman–Crippen MR) is 188 cm³/mol. The summed E-state index contributed by atoms with van der Waals surface area (Å²) in [5.74, 6) is 2.24. The molecule has 0 spiro atoms. The van der Waals surface area contributed by atoms with Gasteiger partial charge >= 0.3 is 0 Å². The first-order valence-electron chi connectivity index (χ1n) is 16.2. The molecule has 3 aromatic rings. The number of aryl methyl sites for hydroxylation is 1. The second-order valence-electron chi connectivity index (χ2n) is 11.2. The zero-order valence-electron chi connectivity index (χ0n) is 27.7. The number of hydrogen-bond donors (Lipinski definition) is 1. The predicted octanol–water partition coefficient (Wildman–Crippen LogP) is 8.53. The molecule has 8 heteroatoms. The molecule has 1 aliphatic rings. The minimum absolute atomic E-state index is 0.00117. The molecule has 1 amide bonds. The van der Waals surface area contributed by atoms with Gasteiger partial charge in [0.15, 0.2) is 11.7 Å². The zero-order valence-corrected chi connectivity index (χ0v) is 27.7. The van der Waals surface area contributed by atoms with Gasteiger partial charge in [-0.3, -0.25) is 4.79 Å². The first-order chi connectivity index (χ1) is 21.9. The highest BCUT2D eigenvalue weighted by molar-refractivity contribution is 6.54. The van der Waals surface area contributed by atoms with Gasteiger partial charge in [0.25, 0.3) is 0 Å². The number of ether oxygens (including phenoxy) is 2. The molecule has 0 bridgehead atoms. The molecule has 3 aromatic carbocycles. The second-order valence-corrected chi connectivity index (χ2v) is 11.2. The van der Waals surface area contributed by atoms with Gasteiger partial charge in [0.05, 0.1) is 25.5 Å². The van der Waals surface area contributed by atoms with E-state index in [1.54, 1.807) is 14.2 Å². The van der Waals surface area contributed by atoms with Crippen molar-refractivity contribution in [3.63, 3.8) is 0 Å². The van der Waals surface area contributed by atoms with Gasteiger partial charge in [-0.2, -0.15) is 0 Å². The third kappa shape index (κ3) is 8.59. The Kier molecular flexibility index (Phi) is 12.3. The van der Waals surface area contributed by atoms with Crippen LogP contribution >= 0.6 is 0 Å². The summed E-state index contributed by atoms with van der Waals surface area (Å²) in [6.07, 6.45) is 7.30. The molecule has 0 saturated heterocycles. The van der Waals surface area contributed by atoms with E-state index in [1.807, 2.05) is 48.5 Å². The van der Waals surface area contributed by atoms with Gasteiger partial charge in [-0.05, 0) is 81.3 Å². The van der Waals surface area contributed by atoms with E-state index in [0.717, 1.165) is 48.4 Å². The lowest BCUT2D eigenvalue weighted by Gasteiger charge is -2.21. The highest BCUT2D eigenvalue weighted by Gasteiger charge is 2.26. The van der Waals surface area contributed by atoms with E-state index in [2.05, 4.69) is 50.0 Å². The number of amidine groups is 2. The Morgan fingerprint density at radius 3 is 2.24 bits per heavy atom. The molecule has 45 heavy (non-hydrogen) atoms. The van der Waals surface area contributed by atoms with Crippen LogP contribution in [0.25, 0.3) is 0 Å². The number of nitrogens with zero attached hydrogens (tertiary/aromatic N) is 4. The van der Waals surface area contributed by atoms with E-state index >= 15 is 0 Å². The highest BCUT2D eigenvalue weighted by atomic mass is 16.5. The molecule has 0 fully saturated rings. The van der Waals surface area contributed by atoms with Crippen molar-refractivity contribution in [1.29, 1.82) is 0 Å². The van der Waals surface area contributed by atoms with Gasteiger partial charge in [0, 0.05) is 36.4 Å². The van der Waals surface area contributed by atoms with E-state index in [9.17, 15) is 4.79 Å². The number of carbonyl (C=O) groups excluding carboxylic acids is 1. The fourth-order valence-electron chi connectivity index (χ4n) is 5.47. The van der Waals surface area contributed by atoms with Gasteiger partial charge in [-0.15, -0.1) is 0 Å². The van der Waals surface area contributed by atoms with Crippen molar-refractivity contribution in [1.82, 2.24) is 0 Å². The fraction of sp³-hybridized carbons (Fsp3) is 0.405. The average molecular weight is 610 g/mol. The van der Waals surface area contributed by atoms with Crippen molar-refractivity contribution in [3.05, 3.63) is 77.4 Å². The Hall–Kier alpha value is -4.46. The van der Waals surface area contributed by atoms with E-state index in [0.29, 0.717) is 46.6 Å². The summed E-state index contributed by atoms with van der Waals surface area (Å²) in [6, 6.07) is 19.5. The van der Waals surface area contributed by atoms with Gasteiger partial charge in [-0.25, -0.2) is 15.0 Å². The van der Waals surface area contributed by atoms with Crippen molar-refractivity contribution in [2.24, 2.45) is 15.0 Å². The van der Waals surface area contributed by atoms with Gasteiger partial charge in [0.1, 0.15) is 17.2 Å². The molecule has 1 heterocycles. The van der Waals surface area contributed by atoms with Gasteiger partial charge in [0.2, 0.25) is 5.91 Å². The van der Waals surface area contributed by atoms with E-state index in [1.165, 1.54) is 25.7 Å². The lowest BCUT2D eigenvalue weighted by atomic mass is 10.1. The number of para-hydroxylation sites is 1. The topological polar surface area (TPSA) is 87.9 Å². The summed E-state index contributed by atoms with van der Waals surface area (Å²) in [5, 5.41) is 3.07. The summed E-state index contributed by atoms with van der Waals surface area (Å²) in [5.41, 5.74) is 5.70. The molecular formula is C37H47N5O3. The molecule has 0 unspecified atom stereocenters. The summed E-state index contributed by atoms with van der Waals surface area (Å²) in [4.78, 5) is 30.1. The van der Waals surface area contributed by atoms with Crippen LogP contribution in [-0.4, -0.2) is 50.6 Å². The quantitative estimate of drug-likeness (QED) is 0.165. The van der Waals surface area contributed by atoms with Gasteiger partial charge in [-0.1, -0.05) is 51.2 Å². The number of nitrogens with one attached hydrogen (secondary N) is 1. The molecule has 0 saturated carbocycles. The third-order valence-electron chi connectivity index (χ3n) is 8.02. The Labute approximate surface area is 268 Å². The summed E-state index contributed by atoms with van der Waals surface area (Å²) in [6.45, 7) is 10.4. The third-order valence-corrected chi connectivity index (χ3v) is 8.02. The maximum absolute atomic E-state index is 12.8. The number of unbranched alkanes of at least 4 members (excludes halogenated alkanes) is 5. The number of aliphatic imine (C=N–C) groups is 3. The van der Waals surface area contributed by atoms with Crippen LogP contribution in [0.3, 0.4) is 0 Å². The van der Waals surface area contributed by atoms with Gasteiger partial charge < -0.3 is 19.7 Å². The van der Waals surface area contributed by atoms with Crippen LogP contribution in [-0.2, 0) is 4.79 Å². The molecule has 0 aromatic heterocycles. The van der Waals surface area contributed by atoms with E-state index in [4.69, 9.17) is 24.5 Å². The second kappa shape index (κ2) is 16.6. The van der Waals surface area contributed by atoms with Crippen molar-refractivity contribution < 1.29 is 14.3 Å². The molecule has 0 atom stereocenters. The van der Waals surface area contributed by atoms with Crippen LogP contribution in [0, 0.1) is 6.92 Å². The van der Waals surface area contributed by atoms with Crippen LogP contribution in [0.4, 0.5) is 17.1 Å². The summed E-state index contributed by atoms with van der Waals surface area (Å²) < 4.78 is 11.4. The van der Waals surface area contributed by atoms with Crippen molar-refractivity contribution in [2.45, 2.75) is 72.6 Å². The Morgan fingerprint density at radius 1 is 0.822 bits per heavy atom. The molecule has 4 rings (SSSR count). The highest BCUT2D eigenvalue weighted by Crippen LogP contribution is 2.31. The molecule has 238 valence electrons. The van der Waals surface area contributed by atoms with Crippen molar-refractivity contribution >= 4 is 40.4 Å². The minimum atomic E-state index is -0.00117. The van der Waals surface area contributed by atoms with Crippen LogP contribution in [0.15, 0.2) is 75.6 Å². The molecule has 1 N–H and O–H groups in total. The number of hydrogen-bond acceptors (Lipinski definition) is 6. The standard InChI is InChI=1S/C37H47N5O3/c1-7-10-11-12-13-14-19-34(43)38-27-20-23-33(45-6)30(25-27)35-37(41-36(40-35)29-17-15-16-18-32(29)44-5)39-31-22-21-28(24-26(31)4)42(8-2)9-3/h15-18,20-25H,7-14,19H2,1-6H3,(H,38,43)/b39-37-. The molecule has 0 radical (unpaired) electrons. The average Bonchev–Trinajstić information content (AvgIpc) is 3.47. The normalized spacial score (nSPS) is 13.4. The Morgan fingerprint density at radius 2 is 1.53 bits per heavy atom. The number of methoxy groups -OCH3 is 2. The SMILES string of the molecule is CCCCCCCCC(=O)Nc1ccc(OC)c(C2=NC(c3ccccc3OC)=N/C2=N\c2ccc(N(CC)CC)cc2C)c1. The number of carbonyl (C=O) groups is 1. The van der Waals surface area contributed by atoms with Crippen LogP contribution in [0.5, 0.6) is 11.5 Å². The van der Waals surface area contributed by atoms with Crippen LogP contribution < -0.4 is 19.7 Å². The molecule has 8 nitrogen and oxygen atoms in total. The van der Waals surface area contributed by atoms with E-state index < -0.39 is 0 Å². The molecule has 1 aliphatic heterocycles. The minimum Gasteiger partial charge on any atom is -0.496 e. The smallest absolute Gasteiger partial charge is 0.224 e. The maximum Gasteiger partial charge on any atom is 0.224 e.